The van der Waals surface area contributed by atoms with E-state index in [1.165, 1.54) is 31.6 Å². The summed E-state index contributed by atoms with van der Waals surface area (Å²) in [7, 11) is 1.41. The van der Waals surface area contributed by atoms with Crippen molar-refractivity contribution in [3.63, 3.8) is 0 Å². The molecule has 0 aliphatic heterocycles. The molecule has 1 rings (SSSR count). The second-order valence-electron chi connectivity index (χ2n) is 3.46. The van der Waals surface area contributed by atoms with Gasteiger partial charge in [0, 0.05) is 6.20 Å². The highest BCUT2D eigenvalue weighted by molar-refractivity contribution is 5.98. The number of amides is 1. The predicted octanol–water partition coefficient (Wildman–Crippen LogP) is 0.849. The largest absolute Gasteiger partial charge is 0.494 e. The van der Waals surface area contributed by atoms with E-state index in [0.717, 1.165) is 0 Å². The summed E-state index contributed by atoms with van der Waals surface area (Å²) in [5.41, 5.74) is 0.239. The molecule has 1 aromatic rings. The Labute approximate surface area is 104 Å². The number of pyridine rings is 1. The summed E-state index contributed by atoms with van der Waals surface area (Å²) in [6.45, 7) is 3.45. The van der Waals surface area contributed by atoms with Crippen molar-refractivity contribution in [1.82, 2.24) is 10.3 Å². The fraction of sp³-hybridized carbons (Fsp3) is 0.250. The number of ether oxygens (including phenoxy) is 1. The van der Waals surface area contributed by atoms with Crippen molar-refractivity contribution in [1.29, 1.82) is 0 Å². The van der Waals surface area contributed by atoms with Gasteiger partial charge in [0.15, 0.2) is 0 Å². The van der Waals surface area contributed by atoms with Crippen LogP contribution in [-0.4, -0.2) is 35.1 Å². The minimum Gasteiger partial charge on any atom is -0.494 e. The lowest BCUT2D eigenvalue weighted by Crippen LogP contribution is -2.40. The summed E-state index contributed by atoms with van der Waals surface area (Å²) in [6.07, 6.45) is 4.40. The lowest BCUT2D eigenvalue weighted by atomic mass is 10.1. The summed E-state index contributed by atoms with van der Waals surface area (Å²) in [5.74, 6) is -1.35. The van der Waals surface area contributed by atoms with E-state index in [0.29, 0.717) is 0 Å². The molecule has 0 bridgehead atoms. The summed E-state index contributed by atoms with van der Waals surface area (Å²) in [4.78, 5) is 26.6. The molecule has 0 aliphatic carbocycles. The molecule has 1 aromatic heterocycles. The van der Waals surface area contributed by atoms with Crippen LogP contribution in [0.3, 0.4) is 0 Å². The number of nitrogens with zero attached hydrogens (tertiary/aromatic N) is 1. The van der Waals surface area contributed by atoms with Gasteiger partial charge in [0.1, 0.15) is 11.8 Å². The third-order valence-corrected chi connectivity index (χ3v) is 2.25. The van der Waals surface area contributed by atoms with Crippen molar-refractivity contribution < 1.29 is 19.4 Å². The number of carbonyl (C=O) groups is 2. The van der Waals surface area contributed by atoms with Crippen LogP contribution in [0.1, 0.15) is 16.8 Å². The third kappa shape index (κ3) is 3.31. The molecule has 2 N–H and O–H groups in total. The molecule has 6 heteroatoms. The maximum Gasteiger partial charge on any atom is 0.326 e. The van der Waals surface area contributed by atoms with E-state index in [1.807, 2.05) is 0 Å². The highest BCUT2D eigenvalue weighted by Crippen LogP contribution is 2.15. The first-order chi connectivity index (χ1) is 8.60. The zero-order valence-electron chi connectivity index (χ0n) is 9.92. The number of rotatable bonds is 6. The Morgan fingerprint density at radius 1 is 1.67 bits per heavy atom. The van der Waals surface area contributed by atoms with Crippen molar-refractivity contribution in [3.8, 4) is 5.75 Å². The van der Waals surface area contributed by atoms with Crippen LogP contribution in [0.5, 0.6) is 5.75 Å². The first-order valence-electron chi connectivity index (χ1n) is 5.22. The van der Waals surface area contributed by atoms with Gasteiger partial charge in [-0.3, -0.25) is 9.78 Å². The van der Waals surface area contributed by atoms with Gasteiger partial charge in [-0.15, -0.1) is 6.58 Å². The van der Waals surface area contributed by atoms with Gasteiger partial charge >= 0.3 is 5.97 Å². The van der Waals surface area contributed by atoms with Gasteiger partial charge < -0.3 is 15.2 Å². The van der Waals surface area contributed by atoms with Gasteiger partial charge in [-0.05, 0) is 12.5 Å². The van der Waals surface area contributed by atoms with Crippen LogP contribution in [0.4, 0.5) is 0 Å². The number of aliphatic carboxylic acids is 1. The molecule has 1 unspecified atom stereocenters. The quantitative estimate of drug-likeness (QED) is 0.731. The topological polar surface area (TPSA) is 88.5 Å². The second kappa shape index (κ2) is 6.39. The molecule has 96 valence electrons. The highest BCUT2D eigenvalue weighted by Gasteiger charge is 2.21. The molecule has 1 atom stereocenters. The Balaban J connectivity index is 2.86. The Morgan fingerprint density at radius 2 is 2.39 bits per heavy atom. The summed E-state index contributed by atoms with van der Waals surface area (Å²) in [6, 6.07) is 0.453. The van der Waals surface area contributed by atoms with Crippen LogP contribution in [0, 0.1) is 0 Å². The smallest absolute Gasteiger partial charge is 0.326 e. The maximum absolute atomic E-state index is 11.9. The summed E-state index contributed by atoms with van der Waals surface area (Å²) < 4.78 is 4.98. The van der Waals surface area contributed by atoms with Crippen LogP contribution in [0.2, 0.25) is 0 Å². The van der Waals surface area contributed by atoms with E-state index >= 15 is 0 Å². The lowest BCUT2D eigenvalue weighted by molar-refractivity contribution is -0.139. The average Bonchev–Trinajstić information content (AvgIpc) is 2.37. The number of hydrogen-bond donors (Lipinski definition) is 2. The zero-order valence-corrected chi connectivity index (χ0v) is 9.92. The molecule has 1 amide bonds. The lowest BCUT2D eigenvalue weighted by Gasteiger charge is -2.13. The Bertz CT molecular complexity index is 459. The standard InChI is InChI=1S/C12H14N2O4/c1-3-4-9(12(16)17)14-11(15)8-5-6-13-7-10(8)18-2/h3,5-7,9H,1,4H2,2H3,(H,14,15)(H,16,17). The molecular formula is C12H14N2O4. The van der Waals surface area contributed by atoms with Crippen LogP contribution in [0.15, 0.2) is 31.1 Å². The number of carbonyl (C=O) groups excluding carboxylic acids is 1. The first-order valence-corrected chi connectivity index (χ1v) is 5.22. The summed E-state index contributed by atoms with van der Waals surface area (Å²) in [5, 5.41) is 11.3. The molecule has 0 aliphatic rings. The maximum atomic E-state index is 11.9. The van der Waals surface area contributed by atoms with Crippen LogP contribution in [0.25, 0.3) is 0 Å². The fourth-order valence-corrected chi connectivity index (χ4v) is 1.35. The van der Waals surface area contributed by atoms with E-state index in [1.54, 1.807) is 0 Å². The van der Waals surface area contributed by atoms with Gasteiger partial charge in [-0.2, -0.15) is 0 Å². The van der Waals surface area contributed by atoms with Gasteiger partial charge in [0.25, 0.3) is 5.91 Å². The molecular weight excluding hydrogens is 236 g/mol. The van der Waals surface area contributed by atoms with E-state index in [2.05, 4.69) is 16.9 Å². The Hall–Kier alpha value is -2.37. The number of methoxy groups -OCH3 is 1. The van der Waals surface area contributed by atoms with E-state index in [-0.39, 0.29) is 17.7 Å². The molecule has 18 heavy (non-hydrogen) atoms. The zero-order chi connectivity index (χ0) is 13.5. The van der Waals surface area contributed by atoms with E-state index < -0.39 is 17.9 Å². The number of carboxylic acid groups (broad SMARTS) is 1. The monoisotopic (exact) mass is 250 g/mol. The molecule has 0 spiro atoms. The van der Waals surface area contributed by atoms with Crippen molar-refractivity contribution in [3.05, 3.63) is 36.7 Å². The first kappa shape index (κ1) is 13.7. The number of nitrogens with one attached hydrogen (secondary N) is 1. The van der Waals surface area contributed by atoms with Crippen molar-refractivity contribution in [2.75, 3.05) is 7.11 Å². The number of carboxylic acids is 1. The minimum absolute atomic E-state index is 0.147. The number of aromatic nitrogens is 1. The fourth-order valence-electron chi connectivity index (χ4n) is 1.35. The highest BCUT2D eigenvalue weighted by atomic mass is 16.5. The van der Waals surface area contributed by atoms with Gasteiger partial charge in [0.05, 0.1) is 18.9 Å². The second-order valence-corrected chi connectivity index (χ2v) is 3.46. The predicted molar refractivity (Wildman–Crippen MR) is 64.5 cm³/mol. The average molecular weight is 250 g/mol. The molecule has 0 saturated heterocycles. The number of hydrogen-bond acceptors (Lipinski definition) is 4. The van der Waals surface area contributed by atoms with Crippen molar-refractivity contribution in [2.24, 2.45) is 0 Å². The molecule has 0 fully saturated rings. The minimum atomic E-state index is -1.11. The summed E-state index contributed by atoms with van der Waals surface area (Å²) >= 11 is 0. The van der Waals surface area contributed by atoms with Gasteiger partial charge in [0.2, 0.25) is 0 Å². The molecule has 0 radical (unpaired) electrons. The molecule has 0 aromatic carbocycles. The van der Waals surface area contributed by atoms with Gasteiger partial charge in [-0.25, -0.2) is 4.79 Å². The molecule has 6 nitrogen and oxygen atoms in total. The normalized spacial score (nSPS) is 11.4. The van der Waals surface area contributed by atoms with Crippen molar-refractivity contribution >= 4 is 11.9 Å². The van der Waals surface area contributed by atoms with Gasteiger partial charge in [-0.1, -0.05) is 6.08 Å². The van der Waals surface area contributed by atoms with E-state index in [4.69, 9.17) is 9.84 Å². The van der Waals surface area contributed by atoms with Crippen LogP contribution >= 0.6 is 0 Å². The van der Waals surface area contributed by atoms with Crippen LogP contribution < -0.4 is 10.1 Å². The third-order valence-electron chi connectivity index (χ3n) is 2.25. The van der Waals surface area contributed by atoms with Crippen molar-refractivity contribution in [2.45, 2.75) is 12.5 Å². The van der Waals surface area contributed by atoms with Crippen LogP contribution in [-0.2, 0) is 4.79 Å². The van der Waals surface area contributed by atoms with E-state index in [9.17, 15) is 9.59 Å². The molecule has 0 saturated carbocycles. The molecule has 1 heterocycles. The Morgan fingerprint density at radius 3 is 2.94 bits per heavy atom. The SMILES string of the molecule is C=CCC(NC(=O)c1ccncc1OC)C(=O)O. The Kier molecular flexibility index (Phi) is 4.86.